The number of carboxylic acid groups (broad SMARTS) is 1. The molecule has 354 valence electrons. The fourth-order valence-electron chi connectivity index (χ4n) is 12.3. The maximum Gasteiger partial charge on any atom is 0.309 e. The first-order valence-electron chi connectivity index (χ1n) is 24.6. The number of Topliss-reactive ketones (excluding diaryl/α,β-unsaturated/α-hetero) is 1. The summed E-state index contributed by atoms with van der Waals surface area (Å²) in [5, 5.41) is 40.8. The molecule has 0 aromatic heterocycles. The number of ketones is 1. The van der Waals surface area contributed by atoms with Crippen LogP contribution < -0.4 is 10.6 Å². The van der Waals surface area contributed by atoms with E-state index >= 15 is 0 Å². The molecule has 18 atom stereocenters. The molecular formula is C49H82N2O10S. The highest BCUT2D eigenvalue weighted by molar-refractivity contribution is 7.80. The van der Waals surface area contributed by atoms with E-state index in [9.17, 15) is 24.9 Å². The van der Waals surface area contributed by atoms with E-state index in [4.69, 9.17) is 35.9 Å². The van der Waals surface area contributed by atoms with Gasteiger partial charge in [0.2, 0.25) is 0 Å². The number of thiocarbonyl (C=S) groups is 1. The number of carbonyl (C=O) groups is 2. The van der Waals surface area contributed by atoms with Crippen LogP contribution in [-0.2, 0) is 33.3 Å². The van der Waals surface area contributed by atoms with Crippen molar-refractivity contribution in [2.45, 2.75) is 237 Å². The van der Waals surface area contributed by atoms with E-state index in [0.29, 0.717) is 62.5 Å². The summed E-state index contributed by atoms with van der Waals surface area (Å²) in [6, 6.07) is -0.117. The standard InChI is InChI=1S/C49H82N2O10S/c1-11-35(44(54)55)37-20-19-28(4)42(58-37)32(8)40(52)31(7)41(53)36(12-2)43-29(5)27-30(6)48(59-43)24-21-38(51-45(62)50-34-17-15-14-16-18-34)49(61-48)26-25-46(10,60-49)39-22-23-47(56,13-3)33(9)57-39/h21,24,28-40,42-43,52,56H,11-20,22-23,25-27H2,1-10H3,(H,54,55)(H2,50,51,62)/t28-,29-,30+,31-,32-,33-,35+,36?,37+,38+,39+,40+,42+,43-,46-,47+,48-,49-/m0/s1. The van der Waals surface area contributed by atoms with E-state index in [0.717, 1.165) is 25.7 Å². The zero-order valence-electron chi connectivity index (χ0n) is 39.5. The number of nitrogens with one attached hydrogen (secondary N) is 2. The highest BCUT2D eigenvalue weighted by atomic mass is 32.1. The van der Waals surface area contributed by atoms with E-state index in [2.05, 4.69) is 44.4 Å². The van der Waals surface area contributed by atoms with Crippen LogP contribution in [0.5, 0.6) is 0 Å². The van der Waals surface area contributed by atoms with Gasteiger partial charge in [0.25, 0.3) is 0 Å². The fourth-order valence-corrected chi connectivity index (χ4v) is 12.6. The van der Waals surface area contributed by atoms with Crippen molar-refractivity contribution in [1.82, 2.24) is 10.6 Å². The third-order valence-electron chi connectivity index (χ3n) is 16.7. The lowest BCUT2D eigenvalue weighted by atomic mass is 9.72. The van der Waals surface area contributed by atoms with Crippen molar-refractivity contribution in [3.05, 3.63) is 12.2 Å². The minimum Gasteiger partial charge on any atom is -0.481 e. The van der Waals surface area contributed by atoms with Crippen molar-refractivity contribution in [2.75, 3.05) is 0 Å². The topological polar surface area (TPSA) is 165 Å². The Morgan fingerprint density at radius 1 is 0.855 bits per heavy atom. The largest absolute Gasteiger partial charge is 0.481 e. The van der Waals surface area contributed by atoms with Crippen molar-refractivity contribution >= 4 is 29.1 Å². The highest BCUT2D eigenvalue weighted by Crippen LogP contribution is 2.54. The molecular weight excluding hydrogens is 809 g/mol. The molecule has 6 rings (SSSR count). The van der Waals surface area contributed by atoms with Crippen molar-refractivity contribution in [3.63, 3.8) is 0 Å². The Morgan fingerprint density at radius 3 is 2.18 bits per heavy atom. The molecule has 5 N–H and O–H groups in total. The molecule has 13 heteroatoms. The van der Waals surface area contributed by atoms with Crippen molar-refractivity contribution in [1.29, 1.82) is 0 Å². The van der Waals surface area contributed by atoms with E-state index < -0.39 is 70.9 Å². The summed E-state index contributed by atoms with van der Waals surface area (Å²) in [6.45, 7) is 20.0. The van der Waals surface area contributed by atoms with Crippen LogP contribution in [0.1, 0.15) is 166 Å². The predicted octanol–water partition coefficient (Wildman–Crippen LogP) is 7.99. The van der Waals surface area contributed by atoms with Gasteiger partial charge >= 0.3 is 5.97 Å². The number of hydrogen-bond donors (Lipinski definition) is 5. The average Bonchev–Trinajstić information content (AvgIpc) is 3.59. The van der Waals surface area contributed by atoms with Crippen LogP contribution in [0.4, 0.5) is 0 Å². The summed E-state index contributed by atoms with van der Waals surface area (Å²) >= 11 is 5.96. The summed E-state index contributed by atoms with van der Waals surface area (Å²) in [6.07, 6.45) is 13.3. The lowest BCUT2D eigenvalue weighted by Gasteiger charge is -2.55. The number of aliphatic hydroxyl groups excluding tert-OH is 1. The molecule has 0 amide bonds. The van der Waals surface area contributed by atoms with Gasteiger partial charge in [-0.05, 0) is 115 Å². The van der Waals surface area contributed by atoms with Crippen molar-refractivity contribution in [3.8, 4) is 0 Å². The van der Waals surface area contributed by atoms with Gasteiger partial charge in [-0.15, -0.1) is 0 Å². The normalized spacial score (nSPS) is 42.8. The molecule has 6 aliphatic rings. The molecule has 1 saturated carbocycles. The Morgan fingerprint density at radius 2 is 1.55 bits per heavy atom. The lowest BCUT2D eigenvalue weighted by molar-refractivity contribution is -0.397. The summed E-state index contributed by atoms with van der Waals surface area (Å²) in [5.74, 6) is -5.46. The van der Waals surface area contributed by atoms with Crippen LogP contribution in [0.25, 0.3) is 0 Å². The molecule has 12 nitrogen and oxygen atoms in total. The molecule has 0 aromatic rings. The van der Waals surface area contributed by atoms with Crippen LogP contribution in [0, 0.1) is 41.4 Å². The second-order valence-electron chi connectivity index (χ2n) is 20.9. The minimum absolute atomic E-state index is 0.0241. The summed E-state index contributed by atoms with van der Waals surface area (Å²) in [7, 11) is 0. The van der Waals surface area contributed by atoms with Gasteiger partial charge in [-0.1, -0.05) is 80.7 Å². The number of aliphatic carboxylic acids is 1. The molecule has 1 unspecified atom stereocenters. The van der Waals surface area contributed by atoms with E-state index in [1.54, 1.807) is 0 Å². The molecule has 0 radical (unpaired) electrons. The van der Waals surface area contributed by atoms with Gasteiger partial charge in [0.05, 0.1) is 53.7 Å². The van der Waals surface area contributed by atoms with E-state index in [1.165, 1.54) is 19.3 Å². The van der Waals surface area contributed by atoms with Crippen molar-refractivity contribution < 1.29 is 48.6 Å². The first-order chi connectivity index (χ1) is 29.3. The number of rotatable bonds is 14. The zero-order valence-corrected chi connectivity index (χ0v) is 40.3. The van der Waals surface area contributed by atoms with Gasteiger partial charge in [-0.25, -0.2) is 0 Å². The molecule has 0 aromatic carbocycles. The lowest BCUT2D eigenvalue weighted by Crippen LogP contribution is -2.66. The van der Waals surface area contributed by atoms with Gasteiger partial charge in [0.15, 0.2) is 16.7 Å². The summed E-state index contributed by atoms with van der Waals surface area (Å²) in [4.78, 5) is 26.8. The maximum atomic E-state index is 14.7. The monoisotopic (exact) mass is 891 g/mol. The Kier molecular flexibility index (Phi) is 16.1. The molecule has 5 fully saturated rings. The fraction of sp³-hybridized carbons (Fsp3) is 0.898. The third kappa shape index (κ3) is 10.0. The SMILES string of the molecule is CCC(C(=O)[C@@H](C)[C@@H](O)[C@H](C)[C@@H]1O[C@@H]([C@@H](CC)C(=O)O)CC[C@@H]1C)[C@H]1O[C@]2(C=C[C@@H](NC(=S)NC3CCCCC3)[C@]3(CC[C@@](C)([C@H]4CC[C@](O)(CC)[C@H](C)O4)O3)O2)[C@H](C)C[C@@H]1C. The van der Waals surface area contributed by atoms with E-state index in [1.807, 2.05) is 47.6 Å². The second-order valence-corrected chi connectivity index (χ2v) is 21.3. The van der Waals surface area contributed by atoms with Crippen LogP contribution in [-0.4, -0.2) is 104 Å². The molecule has 62 heavy (non-hydrogen) atoms. The summed E-state index contributed by atoms with van der Waals surface area (Å²) in [5.41, 5.74) is -1.59. The predicted molar refractivity (Wildman–Crippen MR) is 242 cm³/mol. The number of carboxylic acids is 1. The molecule has 5 aliphatic heterocycles. The molecule has 4 saturated heterocycles. The first kappa shape index (κ1) is 49.7. The van der Waals surface area contributed by atoms with Crippen LogP contribution in [0.3, 0.4) is 0 Å². The van der Waals surface area contributed by atoms with Crippen molar-refractivity contribution in [2.24, 2.45) is 41.4 Å². The van der Waals surface area contributed by atoms with Crippen LogP contribution in [0.15, 0.2) is 12.2 Å². The first-order valence-corrected chi connectivity index (χ1v) is 25.0. The minimum atomic E-state index is -1.20. The van der Waals surface area contributed by atoms with Gasteiger partial charge in [-0.2, -0.15) is 0 Å². The Labute approximate surface area is 377 Å². The Balaban J connectivity index is 1.23. The third-order valence-corrected chi connectivity index (χ3v) is 16.9. The molecule has 0 bridgehead atoms. The maximum absolute atomic E-state index is 14.7. The average molecular weight is 891 g/mol. The molecule has 2 spiro atoms. The van der Waals surface area contributed by atoms with Crippen LogP contribution >= 0.6 is 12.2 Å². The number of hydrogen-bond acceptors (Lipinski definition) is 10. The number of carbonyl (C=O) groups excluding carboxylic acids is 1. The Hall–Kier alpha value is -1.71. The van der Waals surface area contributed by atoms with E-state index in [-0.39, 0.29) is 47.8 Å². The number of ether oxygens (including phenoxy) is 5. The smallest absolute Gasteiger partial charge is 0.309 e. The summed E-state index contributed by atoms with van der Waals surface area (Å²) < 4.78 is 35.0. The van der Waals surface area contributed by atoms with Gasteiger partial charge in [0, 0.05) is 36.1 Å². The van der Waals surface area contributed by atoms with Gasteiger partial charge in [0.1, 0.15) is 11.8 Å². The quantitative estimate of drug-likeness (QED) is 0.0843. The highest BCUT2D eigenvalue weighted by Gasteiger charge is 2.63. The van der Waals surface area contributed by atoms with Gasteiger partial charge < -0.3 is 49.6 Å². The molecule has 1 aliphatic carbocycles. The van der Waals surface area contributed by atoms with Gasteiger partial charge in [-0.3, -0.25) is 9.59 Å². The van der Waals surface area contributed by atoms with Crippen LogP contribution in [0.2, 0.25) is 0 Å². The second kappa shape index (κ2) is 20.0. The zero-order chi connectivity index (χ0) is 45.4. The Bertz CT molecular complexity index is 1590. The number of aliphatic hydroxyl groups is 2. The molecule has 5 heterocycles.